The number of hydrogen-bond acceptors (Lipinski definition) is 2. The summed E-state index contributed by atoms with van der Waals surface area (Å²) in [4.78, 5) is 12.5. The molecular formula is C21H22ClN3O. The van der Waals surface area contributed by atoms with Gasteiger partial charge >= 0.3 is 0 Å². The number of nitrogens with one attached hydrogen (secondary N) is 2. The van der Waals surface area contributed by atoms with E-state index in [1.807, 2.05) is 19.1 Å². The lowest BCUT2D eigenvalue weighted by Gasteiger charge is -2.19. The number of halogens is 1. The molecule has 0 saturated heterocycles. The number of nitrogens with zero attached hydrogens (tertiary/aromatic N) is 1. The van der Waals surface area contributed by atoms with Crippen LogP contribution in [0.25, 0.3) is 11.3 Å². The van der Waals surface area contributed by atoms with E-state index in [-0.39, 0.29) is 11.3 Å². The third kappa shape index (κ3) is 3.81. The second-order valence-electron chi connectivity index (χ2n) is 7.36. The average molecular weight is 368 g/mol. The van der Waals surface area contributed by atoms with Crippen LogP contribution in [0.3, 0.4) is 0 Å². The van der Waals surface area contributed by atoms with Crippen molar-refractivity contribution in [3.63, 3.8) is 0 Å². The number of aryl methyl sites for hydroxylation is 1. The smallest absolute Gasteiger partial charge is 0.255 e. The Labute approximate surface area is 158 Å². The van der Waals surface area contributed by atoms with Crippen LogP contribution in [-0.4, -0.2) is 16.1 Å². The maximum absolute atomic E-state index is 12.5. The molecule has 0 spiro atoms. The van der Waals surface area contributed by atoms with Crippen molar-refractivity contribution < 1.29 is 4.79 Å². The van der Waals surface area contributed by atoms with Crippen LogP contribution in [0.1, 0.15) is 42.4 Å². The Hall–Kier alpha value is -2.59. The highest BCUT2D eigenvalue weighted by atomic mass is 35.5. The molecule has 0 saturated carbocycles. The van der Waals surface area contributed by atoms with Gasteiger partial charge in [0, 0.05) is 16.1 Å². The van der Waals surface area contributed by atoms with Crippen LogP contribution < -0.4 is 5.32 Å². The van der Waals surface area contributed by atoms with E-state index in [0.29, 0.717) is 16.3 Å². The van der Waals surface area contributed by atoms with E-state index in [9.17, 15) is 4.79 Å². The fraction of sp³-hybridized carbons (Fsp3) is 0.238. The molecule has 0 aliphatic heterocycles. The fourth-order valence-electron chi connectivity index (χ4n) is 2.71. The van der Waals surface area contributed by atoms with Crippen LogP contribution in [0.5, 0.6) is 0 Å². The highest BCUT2D eigenvalue weighted by molar-refractivity contribution is 6.30. The summed E-state index contributed by atoms with van der Waals surface area (Å²) >= 11 is 5.89. The molecule has 134 valence electrons. The molecule has 0 unspecified atom stereocenters. The van der Waals surface area contributed by atoms with Crippen molar-refractivity contribution >= 4 is 23.2 Å². The van der Waals surface area contributed by atoms with Gasteiger partial charge in [0.05, 0.1) is 11.4 Å². The molecule has 0 bridgehead atoms. The SMILES string of the molecule is Cc1[nH]nc(-c2ccc(C(C)(C)C)cc2)c1NC(=O)c1ccc(Cl)cc1. The molecule has 1 amide bonds. The fourth-order valence-corrected chi connectivity index (χ4v) is 2.83. The maximum Gasteiger partial charge on any atom is 0.255 e. The van der Waals surface area contributed by atoms with Crippen LogP contribution in [0.4, 0.5) is 5.69 Å². The Balaban J connectivity index is 1.89. The Morgan fingerprint density at radius 3 is 2.23 bits per heavy atom. The van der Waals surface area contributed by atoms with Crippen LogP contribution in [-0.2, 0) is 5.41 Å². The molecule has 0 fully saturated rings. The number of carbonyl (C=O) groups is 1. The minimum absolute atomic E-state index is 0.0889. The summed E-state index contributed by atoms with van der Waals surface area (Å²) in [5, 5.41) is 10.9. The van der Waals surface area contributed by atoms with Gasteiger partial charge in [0.25, 0.3) is 5.91 Å². The summed E-state index contributed by atoms with van der Waals surface area (Å²) in [7, 11) is 0. The van der Waals surface area contributed by atoms with E-state index in [1.54, 1.807) is 24.3 Å². The molecule has 26 heavy (non-hydrogen) atoms. The van der Waals surface area contributed by atoms with Crippen LogP contribution in [0.2, 0.25) is 5.02 Å². The van der Waals surface area contributed by atoms with Crippen LogP contribution >= 0.6 is 11.6 Å². The van der Waals surface area contributed by atoms with Crippen molar-refractivity contribution in [1.29, 1.82) is 0 Å². The first kappa shape index (κ1) is 18.2. The second kappa shape index (κ2) is 6.96. The summed E-state index contributed by atoms with van der Waals surface area (Å²) in [6, 6.07) is 15.1. The summed E-state index contributed by atoms with van der Waals surface area (Å²) in [6.45, 7) is 8.42. The highest BCUT2D eigenvalue weighted by Gasteiger charge is 2.18. The van der Waals surface area contributed by atoms with Gasteiger partial charge in [-0.3, -0.25) is 9.89 Å². The average Bonchev–Trinajstić information content (AvgIpc) is 2.95. The largest absolute Gasteiger partial charge is 0.319 e. The molecule has 2 N–H and O–H groups in total. The molecule has 5 heteroatoms. The Morgan fingerprint density at radius 2 is 1.65 bits per heavy atom. The van der Waals surface area contributed by atoms with Gasteiger partial charge in [0.1, 0.15) is 5.69 Å². The van der Waals surface area contributed by atoms with E-state index in [4.69, 9.17) is 11.6 Å². The quantitative estimate of drug-likeness (QED) is 0.634. The van der Waals surface area contributed by atoms with Crippen LogP contribution in [0, 0.1) is 6.92 Å². The normalized spacial score (nSPS) is 11.4. The molecule has 0 aliphatic carbocycles. The van der Waals surface area contributed by atoms with Gasteiger partial charge in [-0.15, -0.1) is 0 Å². The number of aromatic nitrogens is 2. The monoisotopic (exact) mass is 367 g/mol. The van der Waals surface area contributed by atoms with E-state index < -0.39 is 0 Å². The third-order valence-corrected chi connectivity index (χ3v) is 4.57. The number of H-pyrrole nitrogens is 1. The van der Waals surface area contributed by atoms with Gasteiger partial charge in [-0.05, 0) is 42.2 Å². The van der Waals surface area contributed by atoms with E-state index in [1.165, 1.54) is 5.56 Å². The number of benzene rings is 2. The number of anilines is 1. The summed E-state index contributed by atoms with van der Waals surface area (Å²) in [5.74, 6) is -0.196. The van der Waals surface area contributed by atoms with Crippen molar-refractivity contribution in [3.05, 3.63) is 70.4 Å². The minimum Gasteiger partial charge on any atom is -0.319 e. The van der Waals surface area contributed by atoms with Crippen LogP contribution in [0.15, 0.2) is 48.5 Å². The standard InChI is InChI=1S/C21H22ClN3O/c1-13-18(23-20(26)15-7-11-17(22)12-8-15)19(25-24-13)14-5-9-16(10-6-14)21(2,3)4/h5-12H,1-4H3,(H,23,26)(H,24,25). The maximum atomic E-state index is 12.5. The van der Waals surface area contributed by atoms with Gasteiger partial charge in [-0.25, -0.2) is 0 Å². The first-order chi connectivity index (χ1) is 12.3. The highest BCUT2D eigenvalue weighted by Crippen LogP contribution is 2.31. The molecule has 1 heterocycles. The van der Waals surface area contributed by atoms with Gasteiger partial charge in [-0.1, -0.05) is 56.6 Å². The molecule has 0 aliphatic rings. The predicted octanol–water partition coefficient (Wildman–Crippen LogP) is 5.59. The minimum atomic E-state index is -0.196. The molecule has 0 radical (unpaired) electrons. The van der Waals surface area contributed by atoms with Crippen molar-refractivity contribution in [2.45, 2.75) is 33.1 Å². The van der Waals surface area contributed by atoms with Crippen molar-refractivity contribution in [1.82, 2.24) is 10.2 Å². The topological polar surface area (TPSA) is 57.8 Å². The summed E-state index contributed by atoms with van der Waals surface area (Å²) in [5.41, 5.74) is 5.06. The van der Waals surface area contributed by atoms with Gasteiger partial charge in [0.15, 0.2) is 0 Å². The predicted molar refractivity (Wildman–Crippen MR) is 107 cm³/mol. The Bertz CT molecular complexity index is 919. The molecule has 1 aromatic heterocycles. The van der Waals surface area contributed by atoms with Crippen molar-refractivity contribution in [2.75, 3.05) is 5.32 Å². The zero-order valence-corrected chi connectivity index (χ0v) is 16.1. The third-order valence-electron chi connectivity index (χ3n) is 4.32. The molecule has 3 rings (SSSR count). The van der Waals surface area contributed by atoms with Crippen molar-refractivity contribution in [3.8, 4) is 11.3 Å². The number of hydrogen-bond donors (Lipinski definition) is 2. The molecule has 0 atom stereocenters. The summed E-state index contributed by atoms with van der Waals surface area (Å²) in [6.07, 6.45) is 0. The van der Waals surface area contributed by atoms with Gasteiger partial charge in [0.2, 0.25) is 0 Å². The number of carbonyl (C=O) groups excluding carboxylic acids is 1. The molecule has 2 aromatic carbocycles. The van der Waals surface area contributed by atoms with E-state index >= 15 is 0 Å². The Morgan fingerprint density at radius 1 is 1.04 bits per heavy atom. The lowest BCUT2D eigenvalue weighted by Crippen LogP contribution is -2.13. The first-order valence-corrected chi connectivity index (χ1v) is 8.86. The van der Waals surface area contributed by atoms with E-state index in [0.717, 1.165) is 17.0 Å². The van der Waals surface area contributed by atoms with Gasteiger partial charge < -0.3 is 5.32 Å². The lowest BCUT2D eigenvalue weighted by atomic mass is 9.86. The van der Waals surface area contributed by atoms with Crippen molar-refractivity contribution in [2.24, 2.45) is 0 Å². The Kier molecular flexibility index (Phi) is 4.88. The van der Waals surface area contributed by atoms with E-state index in [2.05, 4.69) is 48.4 Å². The first-order valence-electron chi connectivity index (χ1n) is 8.48. The summed E-state index contributed by atoms with van der Waals surface area (Å²) < 4.78 is 0. The molecule has 4 nitrogen and oxygen atoms in total. The zero-order valence-electron chi connectivity index (χ0n) is 15.4. The van der Waals surface area contributed by atoms with Gasteiger partial charge in [-0.2, -0.15) is 5.10 Å². The zero-order chi connectivity index (χ0) is 18.9. The number of rotatable bonds is 3. The number of amides is 1. The lowest BCUT2D eigenvalue weighted by molar-refractivity contribution is 0.102. The molecular weight excluding hydrogens is 346 g/mol. The molecule has 3 aromatic rings. The second-order valence-corrected chi connectivity index (χ2v) is 7.80. The number of aromatic amines is 1.